The highest BCUT2D eigenvalue weighted by atomic mass is 16.1. The van der Waals surface area contributed by atoms with Crippen LogP contribution in [0.25, 0.3) is 0 Å². The largest absolute Gasteiger partial charge is 0.354 e. The van der Waals surface area contributed by atoms with E-state index in [1.165, 1.54) is 0 Å². The third-order valence-electron chi connectivity index (χ3n) is 2.05. The van der Waals surface area contributed by atoms with Crippen LogP contribution < -0.4 is 10.6 Å². The summed E-state index contributed by atoms with van der Waals surface area (Å²) in [5, 5.41) is 13.9. The molecule has 0 fully saturated rings. The van der Waals surface area contributed by atoms with Crippen molar-refractivity contribution in [1.29, 1.82) is 5.26 Å². The van der Waals surface area contributed by atoms with E-state index in [0.717, 1.165) is 5.82 Å². The number of nitriles is 1. The Balaban J connectivity index is 2.14. The molecule has 1 heterocycles. The molecule has 86 valence electrons. The van der Waals surface area contributed by atoms with Gasteiger partial charge in [0.2, 0.25) is 5.91 Å². The van der Waals surface area contributed by atoms with Gasteiger partial charge in [-0.05, 0) is 0 Å². The third-order valence-corrected chi connectivity index (χ3v) is 2.05. The van der Waals surface area contributed by atoms with Gasteiger partial charge in [-0.15, -0.1) is 0 Å². The van der Waals surface area contributed by atoms with E-state index in [0.29, 0.717) is 19.5 Å². The number of hydrogen-bond donors (Lipinski definition) is 2. The maximum Gasteiger partial charge on any atom is 0.234 e. The molecule has 1 amide bonds. The SMILES string of the molecule is Cn1ccnc1CNCC(=O)NCCC#N. The Bertz CT molecular complexity index is 379. The Kier molecular flexibility index (Phi) is 5.02. The molecule has 0 unspecified atom stereocenters. The second-order valence-corrected chi connectivity index (χ2v) is 3.32. The molecule has 0 atom stereocenters. The van der Waals surface area contributed by atoms with Gasteiger partial charge >= 0.3 is 0 Å². The number of rotatable bonds is 6. The average molecular weight is 221 g/mol. The van der Waals surface area contributed by atoms with Crippen LogP contribution in [-0.2, 0) is 18.4 Å². The van der Waals surface area contributed by atoms with Gasteiger partial charge in [-0.25, -0.2) is 4.98 Å². The lowest BCUT2D eigenvalue weighted by molar-refractivity contribution is -0.120. The fourth-order valence-corrected chi connectivity index (χ4v) is 1.17. The lowest BCUT2D eigenvalue weighted by Crippen LogP contribution is -2.34. The summed E-state index contributed by atoms with van der Waals surface area (Å²) >= 11 is 0. The molecule has 0 aromatic carbocycles. The second-order valence-electron chi connectivity index (χ2n) is 3.32. The number of amides is 1. The number of carbonyl (C=O) groups is 1. The van der Waals surface area contributed by atoms with Gasteiger partial charge in [-0.2, -0.15) is 5.26 Å². The van der Waals surface area contributed by atoms with Gasteiger partial charge in [0, 0.05) is 26.0 Å². The van der Waals surface area contributed by atoms with Gasteiger partial charge in [-0.3, -0.25) is 4.79 Å². The van der Waals surface area contributed by atoms with E-state index < -0.39 is 0 Å². The molecule has 6 heteroatoms. The minimum atomic E-state index is -0.107. The first kappa shape index (κ1) is 12.2. The number of aryl methyl sites for hydroxylation is 1. The molecule has 0 bridgehead atoms. The molecule has 0 saturated carbocycles. The summed E-state index contributed by atoms with van der Waals surface area (Å²) in [4.78, 5) is 15.3. The first-order valence-corrected chi connectivity index (χ1v) is 5.04. The van der Waals surface area contributed by atoms with E-state index in [9.17, 15) is 4.79 Å². The number of nitrogens with zero attached hydrogens (tertiary/aromatic N) is 3. The molecule has 0 aliphatic carbocycles. The highest BCUT2D eigenvalue weighted by Crippen LogP contribution is 1.91. The molecule has 0 spiro atoms. The van der Waals surface area contributed by atoms with Crippen LogP contribution in [0.1, 0.15) is 12.2 Å². The van der Waals surface area contributed by atoms with E-state index >= 15 is 0 Å². The summed E-state index contributed by atoms with van der Waals surface area (Å²) in [6.07, 6.45) is 3.90. The molecule has 16 heavy (non-hydrogen) atoms. The Morgan fingerprint density at radius 2 is 2.50 bits per heavy atom. The molecule has 1 aromatic heterocycles. The zero-order chi connectivity index (χ0) is 11.8. The van der Waals surface area contributed by atoms with Crippen molar-refractivity contribution < 1.29 is 4.79 Å². The fourth-order valence-electron chi connectivity index (χ4n) is 1.17. The summed E-state index contributed by atoms with van der Waals surface area (Å²) in [7, 11) is 1.90. The molecule has 2 N–H and O–H groups in total. The van der Waals surface area contributed by atoms with Gasteiger partial charge in [0.15, 0.2) is 0 Å². The molecule has 0 aliphatic heterocycles. The standard InChI is InChI=1S/C10H15N5O/c1-15-6-5-13-9(15)7-12-8-10(16)14-4-2-3-11/h5-6,12H,2,4,7-8H2,1H3,(H,14,16). The topological polar surface area (TPSA) is 82.7 Å². The third kappa shape index (κ3) is 4.11. The molecule has 0 aliphatic rings. The van der Waals surface area contributed by atoms with Crippen molar-refractivity contribution in [2.24, 2.45) is 7.05 Å². The van der Waals surface area contributed by atoms with Crippen molar-refractivity contribution in [2.75, 3.05) is 13.1 Å². The number of hydrogen-bond acceptors (Lipinski definition) is 4. The van der Waals surface area contributed by atoms with Crippen LogP contribution >= 0.6 is 0 Å². The molecular formula is C10H15N5O. The van der Waals surface area contributed by atoms with Crippen LogP contribution in [0.15, 0.2) is 12.4 Å². The number of aromatic nitrogens is 2. The maximum atomic E-state index is 11.2. The van der Waals surface area contributed by atoms with Crippen LogP contribution in [0.4, 0.5) is 0 Å². The summed E-state index contributed by atoms with van der Waals surface area (Å²) < 4.78 is 1.89. The Morgan fingerprint density at radius 1 is 1.69 bits per heavy atom. The van der Waals surface area contributed by atoms with Crippen molar-refractivity contribution in [1.82, 2.24) is 20.2 Å². The molecular weight excluding hydrogens is 206 g/mol. The van der Waals surface area contributed by atoms with Crippen LogP contribution in [0.5, 0.6) is 0 Å². The second kappa shape index (κ2) is 6.58. The summed E-state index contributed by atoms with van der Waals surface area (Å²) in [5.41, 5.74) is 0. The average Bonchev–Trinajstić information content (AvgIpc) is 2.65. The van der Waals surface area contributed by atoms with Crippen LogP contribution in [0, 0.1) is 11.3 Å². The zero-order valence-electron chi connectivity index (χ0n) is 9.23. The van der Waals surface area contributed by atoms with Crippen molar-refractivity contribution in [3.8, 4) is 6.07 Å². The van der Waals surface area contributed by atoms with Gasteiger partial charge in [0.25, 0.3) is 0 Å². The van der Waals surface area contributed by atoms with Crippen LogP contribution in [-0.4, -0.2) is 28.5 Å². The minimum Gasteiger partial charge on any atom is -0.354 e. The van der Waals surface area contributed by atoms with E-state index in [2.05, 4.69) is 15.6 Å². The lowest BCUT2D eigenvalue weighted by Gasteiger charge is -2.05. The van der Waals surface area contributed by atoms with Gasteiger partial charge in [0.1, 0.15) is 5.82 Å². The molecule has 0 radical (unpaired) electrons. The predicted octanol–water partition coefficient (Wildman–Crippen LogP) is -0.460. The Hall–Kier alpha value is -1.87. The summed E-state index contributed by atoms with van der Waals surface area (Å²) in [6.45, 7) is 1.19. The fraction of sp³-hybridized carbons (Fsp3) is 0.500. The van der Waals surface area contributed by atoms with Gasteiger partial charge in [-0.1, -0.05) is 0 Å². The quantitative estimate of drug-likeness (QED) is 0.637. The molecule has 6 nitrogen and oxygen atoms in total. The minimum absolute atomic E-state index is 0.107. The number of nitrogens with one attached hydrogen (secondary N) is 2. The van der Waals surface area contributed by atoms with Crippen molar-refractivity contribution in [3.63, 3.8) is 0 Å². The number of imidazole rings is 1. The van der Waals surface area contributed by atoms with Gasteiger partial charge in [0.05, 0.1) is 25.6 Å². The summed E-state index contributed by atoms with van der Waals surface area (Å²) in [5.74, 6) is 0.772. The lowest BCUT2D eigenvalue weighted by atomic mass is 10.4. The maximum absolute atomic E-state index is 11.2. The first-order valence-electron chi connectivity index (χ1n) is 5.04. The molecule has 0 saturated heterocycles. The monoisotopic (exact) mass is 221 g/mol. The summed E-state index contributed by atoms with van der Waals surface area (Å²) in [6, 6.07) is 1.96. The number of carbonyl (C=O) groups excluding carboxylic acids is 1. The van der Waals surface area contributed by atoms with E-state index in [1.807, 2.05) is 23.9 Å². The highest BCUT2D eigenvalue weighted by Gasteiger charge is 2.01. The predicted molar refractivity (Wildman–Crippen MR) is 58.2 cm³/mol. The van der Waals surface area contributed by atoms with Gasteiger partial charge < -0.3 is 15.2 Å². The van der Waals surface area contributed by atoms with Crippen molar-refractivity contribution in [2.45, 2.75) is 13.0 Å². The zero-order valence-corrected chi connectivity index (χ0v) is 9.23. The molecule has 1 aromatic rings. The smallest absolute Gasteiger partial charge is 0.234 e. The highest BCUT2D eigenvalue weighted by molar-refractivity contribution is 5.77. The van der Waals surface area contributed by atoms with Crippen LogP contribution in [0.2, 0.25) is 0 Å². The Labute approximate surface area is 94.3 Å². The van der Waals surface area contributed by atoms with Crippen molar-refractivity contribution in [3.05, 3.63) is 18.2 Å². The first-order chi connectivity index (χ1) is 7.74. The molecule has 1 rings (SSSR count). The Morgan fingerprint density at radius 3 is 3.12 bits per heavy atom. The van der Waals surface area contributed by atoms with E-state index in [-0.39, 0.29) is 12.5 Å². The van der Waals surface area contributed by atoms with E-state index in [1.54, 1.807) is 6.20 Å². The normalized spacial score (nSPS) is 9.75. The van der Waals surface area contributed by atoms with Crippen molar-refractivity contribution >= 4 is 5.91 Å². The van der Waals surface area contributed by atoms with E-state index in [4.69, 9.17) is 5.26 Å². The van der Waals surface area contributed by atoms with Crippen LogP contribution in [0.3, 0.4) is 0 Å².